The molecular formula is C26H34N2O4. The van der Waals surface area contributed by atoms with Crippen LogP contribution in [0.15, 0.2) is 19.7 Å². The number of piperidine rings is 1. The summed E-state index contributed by atoms with van der Waals surface area (Å²) in [5, 5.41) is 8.65. The van der Waals surface area contributed by atoms with Crippen molar-refractivity contribution in [1.82, 2.24) is 10.6 Å². The van der Waals surface area contributed by atoms with Crippen LogP contribution in [0.1, 0.15) is 68.6 Å². The van der Waals surface area contributed by atoms with Gasteiger partial charge >= 0.3 is 5.63 Å². The Labute approximate surface area is 188 Å². The fourth-order valence-corrected chi connectivity index (χ4v) is 5.56. The Hall–Kier alpha value is -2.60. The lowest BCUT2D eigenvalue weighted by molar-refractivity contribution is -0.121. The Morgan fingerprint density at radius 2 is 1.53 bits per heavy atom. The molecule has 0 spiro atoms. The molecule has 0 bridgehead atoms. The van der Waals surface area contributed by atoms with Crippen LogP contribution in [-0.2, 0) is 11.2 Å². The van der Waals surface area contributed by atoms with E-state index in [0.717, 1.165) is 51.6 Å². The van der Waals surface area contributed by atoms with Crippen molar-refractivity contribution in [3.05, 3.63) is 44.5 Å². The third-order valence-corrected chi connectivity index (χ3v) is 6.84. The molecule has 0 saturated carbocycles. The number of carbonyl (C=O) groups is 1. The molecule has 0 atom stereocenters. The van der Waals surface area contributed by atoms with Crippen molar-refractivity contribution in [2.75, 3.05) is 0 Å². The van der Waals surface area contributed by atoms with Gasteiger partial charge in [0.1, 0.15) is 16.9 Å². The van der Waals surface area contributed by atoms with Crippen molar-refractivity contribution >= 4 is 27.8 Å². The number of amides is 1. The molecule has 0 unspecified atom stereocenters. The highest BCUT2D eigenvalue weighted by Crippen LogP contribution is 2.34. The maximum Gasteiger partial charge on any atom is 0.340 e. The van der Waals surface area contributed by atoms with Crippen molar-refractivity contribution in [3.8, 4) is 0 Å². The van der Waals surface area contributed by atoms with Gasteiger partial charge in [-0.2, -0.15) is 0 Å². The van der Waals surface area contributed by atoms with Gasteiger partial charge in [-0.3, -0.25) is 4.79 Å². The van der Waals surface area contributed by atoms with E-state index in [4.69, 9.17) is 8.83 Å². The highest BCUT2D eigenvalue weighted by Gasteiger charge is 2.38. The lowest BCUT2D eigenvalue weighted by atomic mass is 9.79. The van der Waals surface area contributed by atoms with E-state index in [1.54, 1.807) is 0 Å². The van der Waals surface area contributed by atoms with Crippen LogP contribution < -0.4 is 16.3 Å². The molecule has 1 aromatic carbocycles. The molecule has 6 heteroatoms. The Morgan fingerprint density at radius 1 is 0.969 bits per heavy atom. The van der Waals surface area contributed by atoms with Gasteiger partial charge in [0.05, 0.1) is 12.0 Å². The first-order valence-electron chi connectivity index (χ1n) is 11.3. The Kier molecular flexibility index (Phi) is 5.28. The predicted molar refractivity (Wildman–Crippen MR) is 127 cm³/mol. The predicted octanol–water partition coefficient (Wildman–Crippen LogP) is 4.74. The maximum atomic E-state index is 13.0. The zero-order valence-corrected chi connectivity index (χ0v) is 20.4. The summed E-state index contributed by atoms with van der Waals surface area (Å²) in [6, 6.07) is 2.07. The lowest BCUT2D eigenvalue weighted by Gasteiger charge is -2.46. The number of fused-ring (bicyclic) bond motifs is 2. The molecule has 2 N–H and O–H groups in total. The van der Waals surface area contributed by atoms with Crippen molar-refractivity contribution in [1.29, 1.82) is 0 Å². The molecular weight excluding hydrogens is 404 g/mol. The standard InChI is InChI=1S/C26H34N2O4/c1-13-16(4)31-22-15(3)23-19(9-18(13)22)14(2)20(24(30)32-23)10-21(29)27-17-11-25(5,6)28-26(7,8)12-17/h9,17,28H,10-12H2,1-8H3,(H,27,29). The lowest BCUT2D eigenvalue weighted by Crippen LogP contribution is -2.62. The van der Waals surface area contributed by atoms with Gasteiger partial charge in [0, 0.05) is 33.5 Å². The summed E-state index contributed by atoms with van der Waals surface area (Å²) in [5.41, 5.74) is 3.77. The first-order chi connectivity index (χ1) is 14.8. The van der Waals surface area contributed by atoms with Crippen LogP contribution in [0.5, 0.6) is 0 Å². The smallest absolute Gasteiger partial charge is 0.340 e. The second-order valence-electron chi connectivity index (χ2n) is 10.8. The molecule has 4 rings (SSSR count). The average molecular weight is 439 g/mol. The van der Waals surface area contributed by atoms with Gasteiger partial charge in [-0.25, -0.2) is 4.79 Å². The molecule has 172 valence electrons. The third kappa shape index (κ3) is 3.96. The zero-order valence-electron chi connectivity index (χ0n) is 20.4. The molecule has 0 aliphatic carbocycles. The molecule has 0 radical (unpaired) electrons. The van der Waals surface area contributed by atoms with Crippen LogP contribution >= 0.6 is 0 Å². The van der Waals surface area contributed by atoms with E-state index in [-0.39, 0.29) is 29.4 Å². The summed E-state index contributed by atoms with van der Waals surface area (Å²) in [5.74, 6) is 0.706. The van der Waals surface area contributed by atoms with Crippen LogP contribution in [0.3, 0.4) is 0 Å². The van der Waals surface area contributed by atoms with E-state index in [2.05, 4.69) is 38.3 Å². The summed E-state index contributed by atoms with van der Waals surface area (Å²) in [4.78, 5) is 25.8. The van der Waals surface area contributed by atoms with Gasteiger partial charge in [-0.15, -0.1) is 0 Å². The number of benzene rings is 1. The first kappa shape index (κ1) is 22.6. The molecule has 1 amide bonds. The van der Waals surface area contributed by atoms with E-state index in [1.165, 1.54) is 0 Å². The average Bonchev–Trinajstić information content (AvgIpc) is 2.92. The van der Waals surface area contributed by atoms with E-state index >= 15 is 0 Å². The van der Waals surface area contributed by atoms with Crippen LogP contribution in [0.4, 0.5) is 0 Å². The van der Waals surface area contributed by atoms with Crippen LogP contribution in [0.25, 0.3) is 21.9 Å². The van der Waals surface area contributed by atoms with Gasteiger partial charge in [0.15, 0.2) is 0 Å². The van der Waals surface area contributed by atoms with Crippen LogP contribution in [0.2, 0.25) is 0 Å². The van der Waals surface area contributed by atoms with E-state index in [9.17, 15) is 9.59 Å². The SMILES string of the molecule is Cc1oc2c(C)c3oc(=O)c(CC(=O)NC4CC(C)(C)NC(C)(C)C4)c(C)c3cc2c1C. The fourth-order valence-electron chi connectivity index (χ4n) is 5.56. The molecule has 1 fully saturated rings. The van der Waals surface area contributed by atoms with Gasteiger partial charge in [0.2, 0.25) is 5.91 Å². The highest BCUT2D eigenvalue weighted by atomic mass is 16.4. The van der Waals surface area contributed by atoms with Gasteiger partial charge in [-0.1, -0.05) is 0 Å². The van der Waals surface area contributed by atoms with Crippen molar-refractivity contribution in [2.24, 2.45) is 0 Å². The Bertz CT molecular complexity index is 1280. The van der Waals surface area contributed by atoms with E-state index in [0.29, 0.717) is 11.1 Å². The normalized spacial score (nSPS) is 18.4. The minimum Gasteiger partial charge on any atom is -0.461 e. The summed E-state index contributed by atoms with van der Waals surface area (Å²) < 4.78 is 11.6. The number of carbonyl (C=O) groups excluding carboxylic acids is 1. The summed E-state index contributed by atoms with van der Waals surface area (Å²) in [7, 11) is 0. The van der Waals surface area contributed by atoms with Gasteiger partial charge < -0.3 is 19.5 Å². The molecule has 32 heavy (non-hydrogen) atoms. The largest absolute Gasteiger partial charge is 0.461 e. The van der Waals surface area contributed by atoms with Gasteiger partial charge in [0.25, 0.3) is 0 Å². The maximum absolute atomic E-state index is 13.0. The third-order valence-electron chi connectivity index (χ3n) is 6.84. The van der Waals surface area contributed by atoms with Crippen molar-refractivity contribution < 1.29 is 13.6 Å². The second-order valence-corrected chi connectivity index (χ2v) is 10.8. The molecule has 3 aromatic rings. The molecule has 2 aromatic heterocycles. The van der Waals surface area contributed by atoms with Crippen LogP contribution in [0, 0.1) is 27.7 Å². The molecule has 1 aliphatic heterocycles. The topological polar surface area (TPSA) is 84.5 Å². The van der Waals surface area contributed by atoms with Gasteiger partial charge in [-0.05, 0) is 85.4 Å². The Morgan fingerprint density at radius 3 is 2.16 bits per heavy atom. The monoisotopic (exact) mass is 438 g/mol. The number of furan rings is 1. The van der Waals surface area contributed by atoms with Crippen molar-refractivity contribution in [2.45, 2.75) is 91.8 Å². The minimum absolute atomic E-state index is 0.00930. The quantitative estimate of drug-likeness (QED) is 0.577. The summed E-state index contributed by atoms with van der Waals surface area (Å²) in [6.45, 7) is 16.4. The molecule has 3 heterocycles. The number of hydrogen-bond donors (Lipinski definition) is 2. The van der Waals surface area contributed by atoms with E-state index < -0.39 is 5.63 Å². The van der Waals surface area contributed by atoms with Crippen LogP contribution in [-0.4, -0.2) is 23.0 Å². The summed E-state index contributed by atoms with van der Waals surface area (Å²) >= 11 is 0. The number of nitrogens with one attached hydrogen (secondary N) is 2. The fraction of sp³-hybridized carbons (Fsp3) is 0.538. The molecule has 1 aliphatic rings. The van der Waals surface area contributed by atoms with E-state index in [1.807, 2.05) is 33.8 Å². The minimum atomic E-state index is -0.460. The number of aryl methyl sites for hydroxylation is 4. The summed E-state index contributed by atoms with van der Waals surface area (Å²) in [6.07, 6.45) is 1.68. The Balaban J connectivity index is 1.67. The zero-order chi connectivity index (χ0) is 23.6. The molecule has 6 nitrogen and oxygen atoms in total. The highest BCUT2D eigenvalue weighted by molar-refractivity contribution is 6.00. The first-order valence-corrected chi connectivity index (χ1v) is 11.3. The number of rotatable bonds is 3. The molecule has 1 saturated heterocycles. The van der Waals surface area contributed by atoms with Crippen molar-refractivity contribution in [3.63, 3.8) is 0 Å². The second kappa shape index (κ2) is 7.48. The number of hydrogen-bond acceptors (Lipinski definition) is 5.